The van der Waals surface area contributed by atoms with E-state index >= 15 is 0 Å². The zero-order valence-electron chi connectivity index (χ0n) is 13.9. The van der Waals surface area contributed by atoms with Gasteiger partial charge in [0.25, 0.3) is 0 Å². The monoisotopic (exact) mass is 317 g/mol. The van der Waals surface area contributed by atoms with Gasteiger partial charge in [0.15, 0.2) is 6.29 Å². The molecular weight excluding hydrogens is 286 g/mol. The molecule has 1 heterocycles. The molecule has 22 heavy (non-hydrogen) atoms. The highest BCUT2D eigenvalue weighted by atomic mass is 16.7. The first-order valence-electron chi connectivity index (χ1n) is 8.46. The van der Waals surface area contributed by atoms with Crippen LogP contribution in [-0.4, -0.2) is 67.7 Å². The summed E-state index contributed by atoms with van der Waals surface area (Å²) in [6.07, 6.45) is 1.22. The van der Waals surface area contributed by atoms with Crippen LogP contribution in [0.15, 0.2) is 0 Å². The first-order valence-corrected chi connectivity index (χ1v) is 8.46. The maximum atomic E-state index is 10.2. The number of rotatable bonds is 7. The minimum absolute atomic E-state index is 0.0168. The van der Waals surface area contributed by atoms with E-state index in [2.05, 4.69) is 12.2 Å². The summed E-state index contributed by atoms with van der Waals surface area (Å²) < 4.78 is 17.7. The standard InChI is InChI=1S/C16H31NO5/c1-4-20-12-6-5-10(2)16(12)22-14-7-11(8-17-3)15(19)13(9-18)21-14/h10-19H,4-9H2,1-3H3/t10-,11+,12+,13-,14+,15-,16+/m1/s1. The molecule has 0 spiro atoms. The molecule has 0 bridgehead atoms. The lowest BCUT2D eigenvalue weighted by molar-refractivity contribution is -0.271. The Morgan fingerprint density at radius 3 is 2.73 bits per heavy atom. The van der Waals surface area contributed by atoms with Crippen LogP contribution in [0, 0.1) is 11.8 Å². The van der Waals surface area contributed by atoms with Crippen molar-refractivity contribution >= 4 is 0 Å². The molecule has 0 amide bonds. The van der Waals surface area contributed by atoms with Crippen molar-refractivity contribution in [2.75, 3.05) is 26.8 Å². The average Bonchev–Trinajstić information content (AvgIpc) is 2.84. The molecule has 1 saturated heterocycles. The van der Waals surface area contributed by atoms with Crippen LogP contribution in [0.3, 0.4) is 0 Å². The summed E-state index contributed by atoms with van der Waals surface area (Å²) in [7, 11) is 1.86. The van der Waals surface area contributed by atoms with Gasteiger partial charge >= 0.3 is 0 Å². The Kier molecular flexibility index (Phi) is 7.05. The van der Waals surface area contributed by atoms with Gasteiger partial charge in [0.1, 0.15) is 6.10 Å². The average molecular weight is 317 g/mol. The minimum Gasteiger partial charge on any atom is -0.394 e. The van der Waals surface area contributed by atoms with E-state index in [9.17, 15) is 10.2 Å². The Balaban J connectivity index is 1.98. The smallest absolute Gasteiger partial charge is 0.159 e. The number of hydrogen-bond donors (Lipinski definition) is 3. The summed E-state index contributed by atoms with van der Waals surface area (Å²) in [6, 6.07) is 0. The first kappa shape index (κ1) is 18.1. The Bertz CT molecular complexity index is 328. The van der Waals surface area contributed by atoms with Gasteiger partial charge in [-0.3, -0.25) is 0 Å². The number of aliphatic hydroxyl groups excluding tert-OH is 2. The molecule has 1 aliphatic heterocycles. The van der Waals surface area contributed by atoms with Crippen LogP contribution in [-0.2, 0) is 14.2 Å². The quantitative estimate of drug-likeness (QED) is 0.635. The van der Waals surface area contributed by atoms with E-state index in [1.807, 2.05) is 14.0 Å². The lowest BCUT2D eigenvalue weighted by Gasteiger charge is -2.40. The summed E-state index contributed by atoms with van der Waals surface area (Å²) in [5, 5.41) is 22.7. The van der Waals surface area contributed by atoms with Gasteiger partial charge in [-0.05, 0) is 32.7 Å². The third kappa shape index (κ3) is 4.19. The van der Waals surface area contributed by atoms with Crippen LogP contribution in [0.5, 0.6) is 0 Å². The van der Waals surface area contributed by atoms with E-state index in [-0.39, 0.29) is 24.7 Å². The molecule has 1 aliphatic carbocycles. The van der Waals surface area contributed by atoms with Crippen molar-refractivity contribution in [3.8, 4) is 0 Å². The zero-order valence-corrected chi connectivity index (χ0v) is 13.9. The van der Waals surface area contributed by atoms with Gasteiger partial charge in [0.05, 0.1) is 24.9 Å². The summed E-state index contributed by atoms with van der Waals surface area (Å²) in [4.78, 5) is 0. The maximum Gasteiger partial charge on any atom is 0.159 e. The zero-order chi connectivity index (χ0) is 16.1. The van der Waals surface area contributed by atoms with Crippen molar-refractivity contribution in [2.24, 2.45) is 11.8 Å². The summed E-state index contributed by atoms with van der Waals surface area (Å²) in [5.41, 5.74) is 0. The SMILES string of the molecule is CCO[C@H]1CC[C@@H](C)[C@@H]1O[C@H]1C[C@@H](CNC)[C@@H](O)[C@@H](CO)O1. The first-order chi connectivity index (χ1) is 10.6. The van der Waals surface area contributed by atoms with Crippen LogP contribution >= 0.6 is 0 Å². The van der Waals surface area contributed by atoms with Crippen LogP contribution in [0.4, 0.5) is 0 Å². The van der Waals surface area contributed by atoms with Crippen molar-refractivity contribution in [1.29, 1.82) is 0 Å². The van der Waals surface area contributed by atoms with E-state index in [0.29, 0.717) is 25.5 Å². The molecule has 0 aromatic rings. The maximum absolute atomic E-state index is 10.2. The minimum atomic E-state index is -0.666. The van der Waals surface area contributed by atoms with E-state index in [1.54, 1.807) is 0 Å². The second-order valence-corrected chi connectivity index (χ2v) is 6.48. The predicted octanol–water partition coefficient (Wildman–Crippen LogP) is 0.510. The van der Waals surface area contributed by atoms with Gasteiger partial charge < -0.3 is 29.7 Å². The van der Waals surface area contributed by atoms with E-state index in [4.69, 9.17) is 14.2 Å². The largest absolute Gasteiger partial charge is 0.394 e. The third-order valence-electron chi connectivity index (χ3n) is 4.86. The summed E-state index contributed by atoms with van der Waals surface area (Å²) in [6.45, 7) is 5.34. The highest BCUT2D eigenvalue weighted by molar-refractivity contribution is 4.88. The fraction of sp³-hybridized carbons (Fsp3) is 1.00. The second-order valence-electron chi connectivity index (χ2n) is 6.48. The topological polar surface area (TPSA) is 80.2 Å². The van der Waals surface area contributed by atoms with Crippen LogP contribution in [0.1, 0.15) is 33.1 Å². The molecule has 6 nitrogen and oxygen atoms in total. The second kappa shape index (κ2) is 8.57. The molecule has 0 aromatic heterocycles. The molecule has 2 aliphatic rings. The Labute approximate surface area is 133 Å². The normalized spacial score (nSPS) is 42.7. The van der Waals surface area contributed by atoms with Crippen LogP contribution < -0.4 is 5.32 Å². The van der Waals surface area contributed by atoms with Gasteiger partial charge in [0.2, 0.25) is 0 Å². The van der Waals surface area contributed by atoms with E-state index in [1.165, 1.54) is 0 Å². The van der Waals surface area contributed by atoms with Crippen LogP contribution in [0.2, 0.25) is 0 Å². The molecule has 2 rings (SSSR count). The van der Waals surface area contributed by atoms with Gasteiger partial charge in [-0.25, -0.2) is 0 Å². The fourth-order valence-corrected chi connectivity index (χ4v) is 3.64. The molecule has 7 atom stereocenters. The van der Waals surface area contributed by atoms with Gasteiger partial charge in [-0.2, -0.15) is 0 Å². The van der Waals surface area contributed by atoms with Crippen molar-refractivity contribution in [3.63, 3.8) is 0 Å². The summed E-state index contributed by atoms with van der Waals surface area (Å²) >= 11 is 0. The Hall–Kier alpha value is -0.240. The molecule has 6 heteroatoms. The van der Waals surface area contributed by atoms with Gasteiger partial charge in [0, 0.05) is 25.5 Å². The summed E-state index contributed by atoms with van der Waals surface area (Å²) in [5.74, 6) is 0.450. The molecule has 3 N–H and O–H groups in total. The molecule has 0 radical (unpaired) electrons. The van der Waals surface area contributed by atoms with Crippen molar-refractivity contribution in [3.05, 3.63) is 0 Å². The number of hydrogen-bond acceptors (Lipinski definition) is 6. The van der Waals surface area contributed by atoms with Crippen molar-refractivity contribution in [1.82, 2.24) is 5.32 Å². The lowest BCUT2D eigenvalue weighted by atomic mass is 9.91. The highest BCUT2D eigenvalue weighted by Crippen LogP contribution is 2.34. The molecule has 0 aromatic carbocycles. The lowest BCUT2D eigenvalue weighted by Crippen LogP contribution is -2.51. The van der Waals surface area contributed by atoms with Crippen molar-refractivity contribution < 1.29 is 24.4 Å². The molecule has 2 fully saturated rings. The van der Waals surface area contributed by atoms with Gasteiger partial charge in [-0.15, -0.1) is 0 Å². The number of nitrogens with one attached hydrogen (secondary N) is 1. The number of aliphatic hydroxyl groups is 2. The van der Waals surface area contributed by atoms with Gasteiger partial charge in [-0.1, -0.05) is 6.92 Å². The van der Waals surface area contributed by atoms with Crippen molar-refractivity contribution in [2.45, 2.75) is 63.8 Å². The Morgan fingerprint density at radius 2 is 2.09 bits per heavy atom. The number of ether oxygens (including phenoxy) is 3. The molecule has 130 valence electrons. The molecule has 0 unspecified atom stereocenters. The van der Waals surface area contributed by atoms with E-state index < -0.39 is 18.5 Å². The molecule has 1 saturated carbocycles. The fourth-order valence-electron chi connectivity index (χ4n) is 3.64. The highest BCUT2D eigenvalue weighted by Gasteiger charge is 2.42. The van der Waals surface area contributed by atoms with Crippen LogP contribution in [0.25, 0.3) is 0 Å². The Morgan fingerprint density at radius 1 is 1.32 bits per heavy atom. The molecular formula is C16H31NO5. The van der Waals surface area contributed by atoms with E-state index in [0.717, 1.165) is 12.8 Å². The predicted molar refractivity (Wildman–Crippen MR) is 82.5 cm³/mol. The third-order valence-corrected chi connectivity index (χ3v) is 4.86.